The molecule has 1 amide bonds. The average molecular weight is 499 g/mol. The lowest BCUT2D eigenvalue weighted by molar-refractivity contribution is -0.384. The van der Waals surface area contributed by atoms with Gasteiger partial charge in [0.15, 0.2) is 5.17 Å². The summed E-state index contributed by atoms with van der Waals surface area (Å²) in [5, 5.41) is 23.6. The Balaban J connectivity index is 1.88. The van der Waals surface area contributed by atoms with E-state index in [0.29, 0.717) is 25.8 Å². The highest BCUT2D eigenvalue weighted by molar-refractivity contribution is 9.10. The van der Waals surface area contributed by atoms with Gasteiger partial charge in [0.05, 0.1) is 20.0 Å². The van der Waals surface area contributed by atoms with Crippen molar-refractivity contribution in [1.29, 1.82) is 0 Å². The molecule has 1 saturated heterocycles. The number of carbonyl (C=O) groups is 1. The number of amidine groups is 1. The molecule has 10 heteroatoms. The minimum atomic E-state index is -0.501. The molecule has 0 saturated carbocycles. The van der Waals surface area contributed by atoms with Crippen LogP contribution < -0.4 is 5.32 Å². The number of phenolic OH excluding ortho intramolecular Hbond substituents is 1. The number of rotatable bonds is 3. The van der Waals surface area contributed by atoms with Crippen molar-refractivity contribution in [2.45, 2.75) is 0 Å². The van der Waals surface area contributed by atoms with E-state index in [9.17, 15) is 20.0 Å². The van der Waals surface area contributed by atoms with E-state index in [0.717, 1.165) is 16.2 Å². The lowest BCUT2D eigenvalue weighted by Crippen LogP contribution is -2.19. The van der Waals surface area contributed by atoms with Crippen molar-refractivity contribution in [3.05, 3.63) is 65.9 Å². The van der Waals surface area contributed by atoms with Gasteiger partial charge in [-0.2, -0.15) is 0 Å². The molecule has 0 unspecified atom stereocenters. The van der Waals surface area contributed by atoms with Gasteiger partial charge in [-0.25, -0.2) is 4.99 Å². The maximum Gasteiger partial charge on any atom is 0.270 e. The van der Waals surface area contributed by atoms with Gasteiger partial charge in [-0.15, -0.1) is 0 Å². The van der Waals surface area contributed by atoms with E-state index in [1.165, 1.54) is 24.3 Å². The SMILES string of the molecule is O=C1NC(=Nc2ccc([N+](=O)[O-])cc2Br)S/C1=C/c1cc(Br)ccc1O. The van der Waals surface area contributed by atoms with Gasteiger partial charge in [-0.1, -0.05) is 15.9 Å². The highest BCUT2D eigenvalue weighted by Crippen LogP contribution is 2.34. The summed E-state index contributed by atoms with van der Waals surface area (Å²) in [6, 6.07) is 9.08. The van der Waals surface area contributed by atoms with E-state index < -0.39 is 4.92 Å². The van der Waals surface area contributed by atoms with Crippen LogP contribution in [-0.4, -0.2) is 21.1 Å². The minimum absolute atomic E-state index is 0.0533. The number of phenols is 1. The molecule has 26 heavy (non-hydrogen) atoms. The number of amides is 1. The zero-order chi connectivity index (χ0) is 18.8. The molecule has 132 valence electrons. The number of nitro benzene ring substituents is 1. The molecule has 0 radical (unpaired) electrons. The molecule has 0 spiro atoms. The first kappa shape index (κ1) is 18.6. The third-order valence-electron chi connectivity index (χ3n) is 3.29. The number of aliphatic imine (C=N–C) groups is 1. The Kier molecular flexibility index (Phi) is 5.44. The van der Waals surface area contributed by atoms with Gasteiger partial charge in [0.1, 0.15) is 5.75 Å². The summed E-state index contributed by atoms with van der Waals surface area (Å²) in [4.78, 5) is 27.1. The topological polar surface area (TPSA) is 105 Å². The van der Waals surface area contributed by atoms with Crippen molar-refractivity contribution in [2.75, 3.05) is 0 Å². The van der Waals surface area contributed by atoms with Crippen LogP contribution >= 0.6 is 43.6 Å². The van der Waals surface area contributed by atoms with E-state index in [1.807, 2.05) is 0 Å². The van der Waals surface area contributed by atoms with Crippen LogP contribution in [0.15, 0.2) is 55.2 Å². The molecule has 0 aliphatic carbocycles. The van der Waals surface area contributed by atoms with Crippen LogP contribution in [0, 0.1) is 10.1 Å². The molecule has 0 atom stereocenters. The second-order valence-electron chi connectivity index (χ2n) is 5.08. The molecular formula is C16H9Br2N3O4S. The van der Waals surface area contributed by atoms with Gasteiger partial charge >= 0.3 is 0 Å². The van der Waals surface area contributed by atoms with Crippen LogP contribution in [-0.2, 0) is 4.79 Å². The number of hydrogen-bond donors (Lipinski definition) is 2. The molecule has 2 aromatic rings. The lowest BCUT2D eigenvalue weighted by Gasteiger charge is -2.00. The van der Waals surface area contributed by atoms with Crippen molar-refractivity contribution in [3.63, 3.8) is 0 Å². The quantitative estimate of drug-likeness (QED) is 0.362. The van der Waals surface area contributed by atoms with Gasteiger partial charge in [0.2, 0.25) is 0 Å². The van der Waals surface area contributed by atoms with Gasteiger partial charge in [0, 0.05) is 22.2 Å². The predicted molar refractivity (Wildman–Crippen MR) is 107 cm³/mol. The maximum absolute atomic E-state index is 12.1. The number of carbonyl (C=O) groups excluding carboxylic acids is 1. The number of nitrogens with one attached hydrogen (secondary N) is 1. The number of nitrogens with zero attached hydrogens (tertiary/aromatic N) is 2. The summed E-state index contributed by atoms with van der Waals surface area (Å²) in [5.74, 6) is -0.288. The third kappa shape index (κ3) is 4.14. The predicted octanol–water partition coefficient (Wildman–Crippen LogP) is 4.72. The summed E-state index contributed by atoms with van der Waals surface area (Å²) in [5.41, 5.74) is 0.884. The van der Waals surface area contributed by atoms with Crippen LogP contribution in [0.25, 0.3) is 6.08 Å². The Labute approximate surface area is 168 Å². The summed E-state index contributed by atoms with van der Waals surface area (Å²) >= 11 is 7.67. The Hall–Kier alpha value is -2.17. The highest BCUT2D eigenvalue weighted by Gasteiger charge is 2.24. The number of hydrogen-bond acceptors (Lipinski definition) is 6. The van der Waals surface area contributed by atoms with E-state index in [-0.39, 0.29) is 17.3 Å². The summed E-state index contributed by atoms with van der Waals surface area (Å²) in [6.07, 6.45) is 1.56. The number of thioether (sulfide) groups is 1. The number of non-ortho nitro benzene ring substituents is 1. The first-order valence-electron chi connectivity index (χ1n) is 7.05. The van der Waals surface area contributed by atoms with Gasteiger partial charge in [-0.05, 0) is 58.0 Å². The van der Waals surface area contributed by atoms with Gasteiger partial charge in [-0.3, -0.25) is 14.9 Å². The van der Waals surface area contributed by atoms with E-state index in [1.54, 1.807) is 18.2 Å². The average Bonchev–Trinajstić information content (AvgIpc) is 2.92. The molecule has 7 nitrogen and oxygen atoms in total. The fraction of sp³-hybridized carbons (Fsp3) is 0. The van der Waals surface area contributed by atoms with Crippen LogP contribution in [0.4, 0.5) is 11.4 Å². The number of benzene rings is 2. The maximum atomic E-state index is 12.1. The minimum Gasteiger partial charge on any atom is -0.507 e. The molecule has 1 fully saturated rings. The monoisotopic (exact) mass is 497 g/mol. The third-order valence-corrected chi connectivity index (χ3v) is 5.33. The molecule has 1 aliphatic heterocycles. The summed E-state index contributed by atoms with van der Waals surface area (Å²) in [6.45, 7) is 0. The first-order chi connectivity index (χ1) is 12.3. The van der Waals surface area contributed by atoms with Crippen LogP contribution in [0.1, 0.15) is 5.56 Å². The van der Waals surface area contributed by atoms with E-state index in [2.05, 4.69) is 42.2 Å². The van der Waals surface area contributed by atoms with Crippen molar-refractivity contribution in [2.24, 2.45) is 4.99 Å². The second kappa shape index (κ2) is 7.60. The van der Waals surface area contributed by atoms with Crippen LogP contribution in [0.5, 0.6) is 5.75 Å². The molecule has 0 bridgehead atoms. The number of nitro groups is 1. The van der Waals surface area contributed by atoms with Crippen molar-refractivity contribution >= 4 is 72.1 Å². The fourth-order valence-electron chi connectivity index (χ4n) is 2.07. The summed E-state index contributed by atoms with van der Waals surface area (Å²) < 4.78 is 1.21. The van der Waals surface area contributed by atoms with E-state index in [4.69, 9.17) is 0 Å². The largest absolute Gasteiger partial charge is 0.507 e. The van der Waals surface area contributed by atoms with Crippen LogP contribution in [0.3, 0.4) is 0 Å². The normalized spacial score (nSPS) is 16.9. The van der Waals surface area contributed by atoms with Gasteiger partial charge < -0.3 is 10.4 Å². The van der Waals surface area contributed by atoms with Gasteiger partial charge in [0.25, 0.3) is 11.6 Å². The van der Waals surface area contributed by atoms with Crippen LogP contribution in [0.2, 0.25) is 0 Å². The zero-order valence-corrected chi connectivity index (χ0v) is 16.8. The highest BCUT2D eigenvalue weighted by atomic mass is 79.9. The van der Waals surface area contributed by atoms with Crippen molar-refractivity contribution in [3.8, 4) is 5.75 Å². The number of halogens is 2. The Morgan fingerprint density at radius 1 is 1.23 bits per heavy atom. The molecule has 0 aromatic heterocycles. The Bertz CT molecular complexity index is 991. The molecule has 2 N–H and O–H groups in total. The molecule has 1 aliphatic rings. The number of aromatic hydroxyl groups is 1. The molecule has 2 aromatic carbocycles. The smallest absolute Gasteiger partial charge is 0.270 e. The van der Waals surface area contributed by atoms with E-state index >= 15 is 0 Å². The fourth-order valence-corrected chi connectivity index (χ4v) is 3.73. The van der Waals surface area contributed by atoms with Crippen molar-refractivity contribution < 1.29 is 14.8 Å². The lowest BCUT2D eigenvalue weighted by atomic mass is 10.2. The summed E-state index contributed by atoms with van der Waals surface area (Å²) in [7, 11) is 0. The molecule has 3 rings (SSSR count). The zero-order valence-electron chi connectivity index (χ0n) is 12.8. The first-order valence-corrected chi connectivity index (χ1v) is 9.46. The molecule has 1 heterocycles. The van der Waals surface area contributed by atoms with Crippen molar-refractivity contribution in [1.82, 2.24) is 5.32 Å². The molecular weight excluding hydrogens is 490 g/mol. The Morgan fingerprint density at radius 3 is 2.69 bits per heavy atom. The Morgan fingerprint density at radius 2 is 2.00 bits per heavy atom. The second-order valence-corrected chi connectivity index (χ2v) is 7.88. The standard InChI is InChI=1S/C16H9Br2N3O4S/c17-9-1-4-13(22)8(5-9)6-14-15(23)20-16(26-14)19-12-3-2-10(21(24)25)7-11(12)18/h1-7,22H,(H,19,20,23)/b14-6+.